The molecule has 0 aliphatic carbocycles. The Morgan fingerprint density at radius 3 is 2.56 bits per heavy atom. The molecule has 5 nitrogen and oxygen atoms in total. The fourth-order valence-corrected chi connectivity index (χ4v) is 2.79. The van der Waals surface area contributed by atoms with Gasteiger partial charge in [-0.3, -0.25) is 4.31 Å². The lowest BCUT2D eigenvalue weighted by atomic mass is 10.3. The SMILES string of the molecule is CCCNS(=O)(=O)N(CCC#N)c1ccccc1. The van der Waals surface area contributed by atoms with Crippen molar-refractivity contribution < 1.29 is 8.42 Å². The van der Waals surface area contributed by atoms with Crippen molar-refractivity contribution in [3.05, 3.63) is 30.3 Å². The molecule has 0 radical (unpaired) electrons. The van der Waals surface area contributed by atoms with E-state index in [1.54, 1.807) is 24.3 Å². The first-order valence-corrected chi connectivity index (χ1v) is 7.25. The second-order valence-corrected chi connectivity index (χ2v) is 5.39. The van der Waals surface area contributed by atoms with Crippen LogP contribution in [0.25, 0.3) is 0 Å². The summed E-state index contributed by atoms with van der Waals surface area (Å²) >= 11 is 0. The summed E-state index contributed by atoms with van der Waals surface area (Å²) in [5.41, 5.74) is 0.566. The highest BCUT2D eigenvalue weighted by molar-refractivity contribution is 7.90. The fourth-order valence-electron chi connectivity index (χ4n) is 1.44. The number of hydrogen-bond donors (Lipinski definition) is 1. The van der Waals surface area contributed by atoms with Crippen molar-refractivity contribution in [2.45, 2.75) is 19.8 Å². The molecule has 1 rings (SSSR count). The van der Waals surface area contributed by atoms with E-state index in [1.165, 1.54) is 4.31 Å². The zero-order valence-corrected chi connectivity index (χ0v) is 11.2. The first-order chi connectivity index (χ1) is 8.61. The number of anilines is 1. The van der Waals surface area contributed by atoms with Crippen LogP contribution in [0.3, 0.4) is 0 Å². The van der Waals surface area contributed by atoms with Gasteiger partial charge in [0.25, 0.3) is 0 Å². The normalized spacial score (nSPS) is 10.9. The van der Waals surface area contributed by atoms with Gasteiger partial charge < -0.3 is 0 Å². The molecule has 1 N–H and O–H groups in total. The van der Waals surface area contributed by atoms with Gasteiger partial charge in [-0.25, -0.2) is 0 Å². The van der Waals surface area contributed by atoms with Crippen molar-refractivity contribution in [2.75, 3.05) is 17.4 Å². The molecule has 0 saturated heterocycles. The van der Waals surface area contributed by atoms with E-state index in [0.29, 0.717) is 12.2 Å². The fraction of sp³-hybridized carbons (Fsp3) is 0.417. The van der Waals surface area contributed by atoms with E-state index in [1.807, 2.05) is 19.1 Å². The van der Waals surface area contributed by atoms with E-state index in [4.69, 9.17) is 5.26 Å². The number of nitrogens with one attached hydrogen (secondary N) is 1. The molecular weight excluding hydrogens is 250 g/mol. The molecule has 0 fully saturated rings. The van der Waals surface area contributed by atoms with Gasteiger partial charge in [-0.1, -0.05) is 25.1 Å². The molecule has 98 valence electrons. The number of hydrogen-bond acceptors (Lipinski definition) is 3. The Hall–Kier alpha value is -1.58. The Morgan fingerprint density at radius 2 is 2.00 bits per heavy atom. The van der Waals surface area contributed by atoms with E-state index in [2.05, 4.69) is 4.72 Å². The molecular formula is C12H17N3O2S. The van der Waals surface area contributed by atoms with Crippen molar-refractivity contribution >= 4 is 15.9 Å². The molecule has 0 aliphatic heterocycles. The Balaban J connectivity index is 2.95. The van der Waals surface area contributed by atoms with Crippen molar-refractivity contribution in [3.8, 4) is 6.07 Å². The van der Waals surface area contributed by atoms with Crippen LogP contribution in [0.5, 0.6) is 0 Å². The predicted molar refractivity (Wildman–Crippen MR) is 71.2 cm³/mol. The number of nitriles is 1. The van der Waals surface area contributed by atoms with Crippen LogP contribution < -0.4 is 9.03 Å². The van der Waals surface area contributed by atoms with Gasteiger partial charge in [-0.05, 0) is 18.6 Å². The van der Waals surface area contributed by atoms with Gasteiger partial charge >= 0.3 is 10.2 Å². The van der Waals surface area contributed by atoms with Crippen LogP contribution in [0.15, 0.2) is 30.3 Å². The third-order valence-corrected chi connectivity index (χ3v) is 3.84. The van der Waals surface area contributed by atoms with Gasteiger partial charge in [0.05, 0.1) is 18.2 Å². The third-order valence-electron chi connectivity index (χ3n) is 2.30. The van der Waals surface area contributed by atoms with Crippen molar-refractivity contribution in [3.63, 3.8) is 0 Å². The topological polar surface area (TPSA) is 73.2 Å². The van der Waals surface area contributed by atoms with Crippen LogP contribution in [0.1, 0.15) is 19.8 Å². The van der Waals surface area contributed by atoms with Crippen LogP contribution in [0.2, 0.25) is 0 Å². The van der Waals surface area contributed by atoms with Crippen molar-refractivity contribution in [1.82, 2.24) is 4.72 Å². The smallest absolute Gasteiger partial charge is 0.257 e. The first kappa shape index (κ1) is 14.5. The molecule has 1 aromatic rings. The quantitative estimate of drug-likeness (QED) is 0.816. The lowest BCUT2D eigenvalue weighted by molar-refractivity contribution is 0.575. The third kappa shape index (κ3) is 4.02. The Morgan fingerprint density at radius 1 is 1.33 bits per heavy atom. The lowest BCUT2D eigenvalue weighted by Gasteiger charge is -2.23. The second kappa shape index (κ2) is 6.99. The zero-order valence-electron chi connectivity index (χ0n) is 10.3. The Bertz CT molecular complexity index is 494. The maximum atomic E-state index is 12.1. The van der Waals surface area contributed by atoms with Crippen LogP contribution in [0.4, 0.5) is 5.69 Å². The van der Waals surface area contributed by atoms with E-state index in [-0.39, 0.29) is 13.0 Å². The predicted octanol–water partition coefficient (Wildman–Crippen LogP) is 1.65. The molecule has 0 heterocycles. The average molecular weight is 267 g/mol. The molecule has 0 atom stereocenters. The molecule has 0 saturated carbocycles. The van der Waals surface area contributed by atoms with E-state index in [0.717, 1.165) is 6.42 Å². The van der Waals surface area contributed by atoms with Crippen molar-refractivity contribution in [2.24, 2.45) is 0 Å². The van der Waals surface area contributed by atoms with Crippen LogP contribution >= 0.6 is 0 Å². The first-order valence-electron chi connectivity index (χ1n) is 5.81. The second-order valence-electron chi connectivity index (χ2n) is 3.72. The summed E-state index contributed by atoms with van der Waals surface area (Å²) < 4.78 is 27.9. The Kier molecular flexibility index (Phi) is 5.62. The van der Waals surface area contributed by atoms with Crippen LogP contribution in [-0.4, -0.2) is 21.5 Å². The zero-order chi connectivity index (χ0) is 13.4. The molecule has 18 heavy (non-hydrogen) atoms. The molecule has 0 amide bonds. The van der Waals surface area contributed by atoms with Crippen molar-refractivity contribution in [1.29, 1.82) is 5.26 Å². The molecule has 0 aromatic heterocycles. The van der Waals surface area contributed by atoms with Gasteiger partial charge in [-0.2, -0.15) is 18.4 Å². The summed E-state index contributed by atoms with van der Waals surface area (Å²) in [5.74, 6) is 0. The minimum Gasteiger partial charge on any atom is -0.257 e. The van der Waals surface area contributed by atoms with Gasteiger partial charge in [0.2, 0.25) is 0 Å². The highest BCUT2D eigenvalue weighted by Gasteiger charge is 2.20. The number of para-hydroxylation sites is 1. The lowest BCUT2D eigenvalue weighted by Crippen LogP contribution is -2.41. The van der Waals surface area contributed by atoms with Gasteiger partial charge in [-0.15, -0.1) is 0 Å². The number of nitrogens with zero attached hydrogens (tertiary/aromatic N) is 2. The number of benzene rings is 1. The molecule has 0 spiro atoms. The minimum absolute atomic E-state index is 0.152. The minimum atomic E-state index is -3.58. The molecule has 6 heteroatoms. The Labute approximate surface area is 108 Å². The van der Waals surface area contributed by atoms with Crippen LogP contribution in [0, 0.1) is 11.3 Å². The van der Waals surface area contributed by atoms with Gasteiger partial charge in [0, 0.05) is 13.1 Å². The molecule has 1 aromatic carbocycles. The monoisotopic (exact) mass is 267 g/mol. The van der Waals surface area contributed by atoms with Gasteiger partial charge in [0.15, 0.2) is 0 Å². The molecule has 0 unspecified atom stereocenters. The van der Waals surface area contributed by atoms with Gasteiger partial charge in [0.1, 0.15) is 0 Å². The summed E-state index contributed by atoms with van der Waals surface area (Å²) in [6.07, 6.45) is 0.877. The standard InChI is InChI=1S/C12H17N3O2S/c1-2-10-14-18(16,17)15(11-6-9-13)12-7-4-3-5-8-12/h3-5,7-8,14H,2,6,10-11H2,1H3. The molecule has 0 bridgehead atoms. The van der Waals surface area contributed by atoms with E-state index >= 15 is 0 Å². The molecule has 0 aliphatic rings. The maximum absolute atomic E-state index is 12.1. The highest BCUT2D eigenvalue weighted by atomic mass is 32.2. The largest absolute Gasteiger partial charge is 0.301 e. The highest BCUT2D eigenvalue weighted by Crippen LogP contribution is 2.16. The van der Waals surface area contributed by atoms with E-state index in [9.17, 15) is 8.42 Å². The summed E-state index contributed by atoms with van der Waals surface area (Å²) in [5, 5.41) is 8.61. The summed E-state index contributed by atoms with van der Waals surface area (Å²) in [6.45, 7) is 2.43. The maximum Gasteiger partial charge on any atom is 0.301 e. The summed E-state index contributed by atoms with van der Waals surface area (Å²) in [7, 11) is -3.58. The summed E-state index contributed by atoms with van der Waals surface area (Å²) in [4.78, 5) is 0. The summed E-state index contributed by atoms with van der Waals surface area (Å²) in [6, 6.07) is 10.7. The van der Waals surface area contributed by atoms with E-state index < -0.39 is 10.2 Å². The van der Waals surface area contributed by atoms with Crippen LogP contribution in [-0.2, 0) is 10.2 Å². The average Bonchev–Trinajstić information content (AvgIpc) is 2.38. The number of rotatable bonds is 7.